The van der Waals surface area contributed by atoms with Gasteiger partial charge in [0.25, 0.3) is 11.5 Å². The van der Waals surface area contributed by atoms with Crippen molar-refractivity contribution in [3.05, 3.63) is 68.1 Å². The van der Waals surface area contributed by atoms with Gasteiger partial charge in [0, 0.05) is 29.8 Å². The number of carbonyl (C=O) groups is 1. The third-order valence-electron chi connectivity index (χ3n) is 3.96. The van der Waals surface area contributed by atoms with Crippen molar-refractivity contribution in [1.29, 1.82) is 0 Å². The van der Waals surface area contributed by atoms with Crippen LogP contribution >= 0.6 is 23.2 Å². The number of hydrogen-bond acceptors (Lipinski definition) is 3. The minimum atomic E-state index is -0.327. The fraction of sp³-hybridized carbons (Fsp3) is 0.294. The van der Waals surface area contributed by atoms with Crippen LogP contribution in [0.2, 0.25) is 10.0 Å². The molecule has 126 valence electrons. The van der Waals surface area contributed by atoms with Crippen LogP contribution in [0.1, 0.15) is 22.0 Å². The molecule has 1 aliphatic heterocycles. The van der Waals surface area contributed by atoms with Gasteiger partial charge in [-0.25, -0.2) is 0 Å². The van der Waals surface area contributed by atoms with Gasteiger partial charge in [-0.2, -0.15) is 0 Å². The molecule has 3 rings (SSSR count). The first kappa shape index (κ1) is 17.0. The van der Waals surface area contributed by atoms with Gasteiger partial charge >= 0.3 is 0 Å². The molecule has 1 amide bonds. The number of nitrogens with zero attached hydrogens (tertiary/aromatic N) is 2. The Morgan fingerprint density at radius 1 is 1.25 bits per heavy atom. The maximum atomic E-state index is 12.7. The largest absolute Gasteiger partial charge is 0.370 e. The number of halogens is 2. The normalized spacial score (nSPS) is 17.8. The average Bonchev–Trinajstić information content (AvgIpc) is 2.56. The number of aryl methyl sites for hydroxylation is 1. The molecule has 2 aromatic rings. The van der Waals surface area contributed by atoms with E-state index in [4.69, 9.17) is 27.9 Å². The van der Waals surface area contributed by atoms with Gasteiger partial charge in [-0.1, -0.05) is 23.2 Å². The van der Waals surface area contributed by atoms with Crippen molar-refractivity contribution < 1.29 is 9.53 Å². The lowest BCUT2D eigenvalue weighted by molar-refractivity contribution is -0.0228. The molecule has 5 nitrogen and oxygen atoms in total. The second-order valence-electron chi connectivity index (χ2n) is 5.65. The average molecular weight is 367 g/mol. The Balaban J connectivity index is 1.84. The monoisotopic (exact) mass is 366 g/mol. The Hall–Kier alpha value is -1.82. The molecule has 1 atom stereocenters. The van der Waals surface area contributed by atoms with Crippen LogP contribution < -0.4 is 5.56 Å². The molecular formula is C17H16Cl2N2O3. The molecule has 1 saturated heterocycles. The van der Waals surface area contributed by atoms with Crippen molar-refractivity contribution in [3.8, 4) is 0 Å². The maximum Gasteiger partial charge on any atom is 0.263 e. The summed E-state index contributed by atoms with van der Waals surface area (Å²) in [5.41, 5.74) is 0.659. The number of aromatic nitrogens is 1. The minimum Gasteiger partial charge on any atom is -0.370 e. The molecule has 0 bridgehead atoms. The first-order valence-electron chi connectivity index (χ1n) is 7.48. The van der Waals surface area contributed by atoms with Gasteiger partial charge in [0.05, 0.1) is 13.2 Å². The molecular weight excluding hydrogens is 351 g/mol. The highest BCUT2D eigenvalue weighted by molar-refractivity contribution is 6.34. The van der Waals surface area contributed by atoms with Crippen LogP contribution in [-0.2, 0) is 11.8 Å². The fourth-order valence-corrected chi connectivity index (χ4v) is 3.27. The van der Waals surface area contributed by atoms with E-state index >= 15 is 0 Å². The SMILES string of the molecule is Cn1cccc(C(=O)N2CCOC(c3cc(Cl)cc(Cl)c3)C2)c1=O. The van der Waals surface area contributed by atoms with E-state index in [1.165, 1.54) is 4.57 Å². The van der Waals surface area contributed by atoms with E-state index in [0.717, 1.165) is 5.56 Å². The summed E-state index contributed by atoms with van der Waals surface area (Å²) in [6, 6.07) is 8.42. The summed E-state index contributed by atoms with van der Waals surface area (Å²) in [5.74, 6) is -0.294. The van der Waals surface area contributed by atoms with Crippen molar-refractivity contribution in [2.45, 2.75) is 6.10 Å². The lowest BCUT2D eigenvalue weighted by Crippen LogP contribution is -2.44. The van der Waals surface area contributed by atoms with Crippen LogP contribution in [0.3, 0.4) is 0 Å². The predicted molar refractivity (Wildman–Crippen MR) is 92.7 cm³/mol. The number of ether oxygens (including phenoxy) is 1. The molecule has 1 fully saturated rings. The van der Waals surface area contributed by atoms with Crippen molar-refractivity contribution in [2.75, 3.05) is 19.7 Å². The number of rotatable bonds is 2. The second kappa shape index (κ2) is 6.97. The molecule has 0 N–H and O–H groups in total. The summed E-state index contributed by atoms with van der Waals surface area (Å²) in [6.07, 6.45) is 1.29. The van der Waals surface area contributed by atoms with Crippen LogP contribution in [-0.4, -0.2) is 35.1 Å². The molecule has 0 saturated carbocycles. The quantitative estimate of drug-likeness (QED) is 0.820. The molecule has 1 aliphatic rings. The zero-order valence-electron chi connectivity index (χ0n) is 13.0. The van der Waals surface area contributed by atoms with E-state index in [2.05, 4.69) is 0 Å². The molecule has 1 aromatic carbocycles. The zero-order chi connectivity index (χ0) is 17.3. The third-order valence-corrected chi connectivity index (χ3v) is 4.40. The van der Waals surface area contributed by atoms with Gasteiger partial charge in [-0.05, 0) is 35.9 Å². The Morgan fingerprint density at radius 3 is 2.67 bits per heavy atom. The maximum absolute atomic E-state index is 12.7. The molecule has 1 aromatic heterocycles. The van der Waals surface area contributed by atoms with E-state index in [9.17, 15) is 9.59 Å². The van der Waals surface area contributed by atoms with E-state index < -0.39 is 0 Å². The van der Waals surface area contributed by atoms with Crippen LogP contribution in [0.4, 0.5) is 0 Å². The van der Waals surface area contributed by atoms with Gasteiger partial charge in [0.2, 0.25) is 0 Å². The smallest absolute Gasteiger partial charge is 0.263 e. The summed E-state index contributed by atoms with van der Waals surface area (Å²) >= 11 is 12.1. The second-order valence-corrected chi connectivity index (χ2v) is 6.52. The van der Waals surface area contributed by atoms with Gasteiger partial charge < -0.3 is 14.2 Å². The number of hydrogen-bond donors (Lipinski definition) is 0. The lowest BCUT2D eigenvalue weighted by Gasteiger charge is -2.33. The summed E-state index contributed by atoms with van der Waals surface area (Å²) in [6.45, 7) is 1.16. The Bertz CT molecular complexity index is 815. The van der Waals surface area contributed by atoms with Crippen LogP contribution in [0.15, 0.2) is 41.3 Å². The predicted octanol–water partition coefficient (Wildman–Crippen LogP) is 2.91. The van der Waals surface area contributed by atoms with Gasteiger partial charge in [-0.3, -0.25) is 9.59 Å². The first-order chi connectivity index (χ1) is 11.5. The zero-order valence-corrected chi connectivity index (χ0v) is 14.5. The molecule has 0 spiro atoms. The van der Waals surface area contributed by atoms with Crippen LogP contribution in [0, 0.1) is 0 Å². The molecule has 2 heterocycles. The Kier molecular flexibility index (Phi) is 4.94. The number of morpholine rings is 1. The van der Waals surface area contributed by atoms with E-state index in [0.29, 0.717) is 29.7 Å². The first-order valence-corrected chi connectivity index (χ1v) is 8.24. The number of amides is 1. The standard InChI is InChI=1S/C17H16Cl2N2O3/c1-20-4-2-3-14(16(20)22)17(23)21-5-6-24-15(10-21)11-7-12(18)9-13(19)8-11/h2-4,7-9,15H,5-6,10H2,1H3. The highest BCUT2D eigenvalue weighted by Gasteiger charge is 2.27. The summed E-state index contributed by atoms with van der Waals surface area (Å²) in [4.78, 5) is 26.5. The third kappa shape index (κ3) is 3.48. The van der Waals surface area contributed by atoms with Crippen molar-refractivity contribution in [3.63, 3.8) is 0 Å². The van der Waals surface area contributed by atoms with E-state index in [1.807, 2.05) is 0 Å². The summed E-state index contributed by atoms with van der Waals surface area (Å²) < 4.78 is 7.14. The number of carbonyl (C=O) groups excluding carboxylic acids is 1. The Morgan fingerprint density at radius 2 is 1.96 bits per heavy atom. The lowest BCUT2D eigenvalue weighted by atomic mass is 10.1. The van der Waals surface area contributed by atoms with Gasteiger partial charge in [0.1, 0.15) is 11.7 Å². The molecule has 24 heavy (non-hydrogen) atoms. The molecule has 1 unspecified atom stereocenters. The number of pyridine rings is 1. The van der Waals surface area contributed by atoms with Crippen molar-refractivity contribution in [2.24, 2.45) is 7.05 Å². The Labute approximate surface area is 149 Å². The highest BCUT2D eigenvalue weighted by atomic mass is 35.5. The highest BCUT2D eigenvalue weighted by Crippen LogP contribution is 2.28. The summed E-state index contributed by atoms with van der Waals surface area (Å²) in [7, 11) is 1.62. The van der Waals surface area contributed by atoms with Crippen molar-refractivity contribution in [1.82, 2.24) is 9.47 Å². The topological polar surface area (TPSA) is 51.5 Å². The fourth-order valence-electron chi connectivity index (χ4n) is 2.73. The van der Waals surface area contributed by atoms with Crippen LogP contribution in [0.25, 0.3) is 0 Å². The molecule has 0 radical (unpaired) electrons. The number of benzene rings is 1. The van der Waals surface area contributed by atoms with Gasteiger partial charge in [-0.15, -0.1) is 0 Å². The molecule has 7 heteroatoms. The molecule has 0 aliphatic carbocycles. The van der Waals surface area contributed by atoms with Crippen molar-refractivity contribution >= 4 is 29.1 Å². The minimum absolute atomic E-state index is 0.157. The van der Waals surface area contributed by atoms with Gasteiger partial charge in [0.15, 0.2) is 0 Å². The summed E-state index contributed by atoms with van der Waals surface area (Å²) in [5, 5.41) is 1.03. The van der Waals surface area contributed by atoms with Crippen LogP contribution in [0.5, 0.6) is 0 Å². The van der Waals surface area contributed by atoms with E-state index in [1.54, 1.807) is 48.5 Å². The van der Waals surface area contributed by atoms with E-state index in [-0.39, 0.29) is 23.1 Å².